The highest BCUT2D eigenvalue weighted by atomic mass is 35.5. The largest absolute Gasteiger partial charge is 0.494 e. The Labute approximate surface area is 171 Å². The fourth-order valence-corrected chi connectivity index (χ4v) is 3.71. The van der Waals surface area contributed by atoms with Crippen LogP contribution in [0.4, 0.5) is 4.39 Å². The average molecular weight is 423 g/mol. The second-order valence-electron chi connectivity index (χ2n) is 6.01. The van der Waals surface area contributed by atoms with Crippen molar-refractivity contribution in [2.24, 2.45) is 0 Å². The van der Waals surface area contributed by atoms with Gasteiger partial charge in [0, 0.05) is 17.9 Å². The van der Waals surface area contributed by atoms with Crippen molar-refractivity contribution in [3.05, 3.63) is 63.7 Å². The molecule has 28 heavy (non-hydrogen) atoms. The van der Waals surface area contributed by atoms with Gasteiger partial charge in [-0.2, -0.15) is 0 Å². The molecule has 0 spiro atoms. The van der Waals surface area contributed by atoms with Crippen molar-refractivity contribution < 1.29 is 13.9 Å². The lowest BCUT2D eigenvalue weighted by Crippen LogP contribution is -2.25. The highest BCUT2D eigenvalue weighted by molar-refractivity contribution is 7.99. The predicted octanol–water partition coefficient (Wildman–Crippen LogP) is 4.40. The molecule has 0 saturated carbocycles. The molecular formula is C20H20ClFN2O3S. The van der Waals surface area contributed by atoms with Gasteiger partial charge in [0.15, 0.2) is 5.16 Å². The van der Waals surface area contributed by atoms with Crippen LogP contribution in [0.5, 0.6) is 5.75 Å². The summed E-state index contributed by atoms with van der Waals surface area (Å²) in [4.78, 5) is 17.4. The van der Waals surface area contributed by atoms with Gasteiger partial charge in [-0.1, -0.05) is 23.4 Å². The first kappa shape index (κ1) is 20.6. The van der Waals surface area contributed by atoms with Gasteiger partial charge in [0.2, 0.25) is 0 Å². The fourth-order valence-electron chi connectivity index (χ4n) is 2.61. The number of aromatic nitrogens is 2. The minimum Gasteiger partial charge on any atom is -0.494 e. The van der Waals surface area contributed by atoms with Crippen molar-refractivity contribution >= 4 is 34.3 Å². The SMILES string of the molecule is COCCn1c(SCCCOc2ccc(F)cc2)nc2cc(Cl)ccc2c1=O. The van der Waals surface area contributed by atoms with Crippen LogP contribution in [-0.4, -0.2) is 35.6 Å². The summed E-state index contributed by atoms with van der Waals surface area (Å²) in [5, 5.41) is 1.70. The minimum absolute atomic E-state index is 0.108. The van der Waals surface area contributed by atoms with E-state index in [2.05, 4.69) is 4.98 Å². The third-order valence-electron chi connectivity index (χ3n) is 4.00. The Hall–Kier alpha value is -2.09. The number of thioether (sulfide) groups is 1. The molecule has 3 rings (SSSR count). The zero-order chi connectivity index (χ0) is 19.9. The summed E-state index contributed by atoms with van der Waals surface area (Å²) in [6.45, 7) is 1.33. The van der Waals surface area contributed by atoms with Crippen LogP contribution in [0.1, 0.15) is 6.42 Å². The van der Waals surface area contributed by atoms with E-state index >= 15 is 0 Å². The standard InChI is InChI=1S/C20H20ClFN2O3S/c1-26-11-9-24-19(25)17-8-3-14(21)13-18(17)23-20(24)28-12-2-10-27-16-6-4-15(22)5-7-16/h3-8,13H,2,9-12H2,1H3. The lowest BCUT2D eigenvalue weighted by atomic mass is 10.2. The number of benzene rings is 2. The van der Waals surface area contributed by atoms with E-state index in [1.54, 1.807) is 42.0 Å². The molecule has 0 aliphatic heterocycles. The molecule has 0 radical (unpaired) electrons. The minimum atomic E-state index is -0.292. The van der Waals surface area contributed by atoms with Crippen molar-refractivity contribution in [1.29, 1.82) is 0 Å². The third kappa shape index (κ3) is 5.25. The van der Waals surface area contributed by atoms with E-state index in [-0.39, 0.29) is 11.4 Å². The molecule has 0 saturated heterocycles. The Kier molecular flexibility index (Phi) is 7.30. The molecule has 0 aliphatic rings. The Bertz CT molecular complexity index is 995. The van der Waals surface area contributed by atoms with Gasteiger partial charge in [-0.3, -0.25) is 9.36 Å². The Morgan fingerprint density at radius 2 is 1.96 bits per heavy atom. The van der Waals surface area contributed by atoms with E-state index in [0.29, 0.717) is 52.3 Å². The molecule has 0 fully saturated rings. The molecule has 0 unspecified atom stereocenters. The van der Waals surface area contributed by atoms with Crippen LogP contribution in [0.3, 0.4) is 0 Å². The number of nitrogens with zero attached hydrogens (tertiary/aromatic N) is 2. The molecule has 0 bridgehead atoms. The van der Waals surface area contributed by atoms with Crippen LogP contribution in [0.15, 0.2) is 52.4 Å². The van der Waals surface area contributed by atoms with Crippen molar-refractivity contribution in [2.45, 2.75) is 18.1 Å². The first-order valence-electron chi connectivity index (χ1n) is 8.78. The van der Waals surface area contributed by atoms with E-state index in [4.69, 9.17) is 21.1 Å². The van der Waals surface area contributed by atoms with Gasteiger partial charge in [0.1, 0.15) is 11.6 Å². The maximum absolute atomic E-state index is 12.9. The first-order valence-corrected chi connectivity index (χ1v) is 10.1. The first-order chi connectivity index (χ1) is 13.6. The summed E-state index contributed by atoms with van der Waals surface area (Å²) in [5.74, 6) is 1.05. The molecule has 1 heterocycles. The maximum Gasteiger partial charge on any atom is 0.262 e. The molecule has 0 N–H and O–H groups in total. The summed E-state index contributed by atoms with van der Waals surface area (Å²) < 4.78 is 25.3. The van der Waals surface area contributed by atoms with E-state index in [0.717, 1.165) is 6.42 Å². The van der Waals surface area contributed by atoms with Gasteiger partial charge in [-0.25, -0.2) is 9.37 Å². The Balaban J connectivity index is 1.68. The predicted molar refractivity (Wildman–Crippen MR) is 110 cm³/mol. The summed E-state index contributed by atoms with van der Waals surface area (Å²) in [7, 11) is 1.60. The lowest BCUT2D eigenvalue weighted by molar-refractivity contribution is 0.183. The number of methoxy groups -OCH3 is 1. The molecule has 8 heteroatoms. The van der Waals surface area contributed by atoms with Gasteiger partial charge >= 0.3 is 0 Å². The molecule has 1 aromatic heterocycles. The van der Waals surface area contributed by atoms with Gasteiger partial charge < -0.3 is 9.47 Å². The van der Waals surface area contributed by atoms with Crippen molar-refractivity contribution in [3.63, 3.8) is 0 Å². The lowest BCUT2D eigenvalue weighted by Gasteiger charge is -2.13. The Morgan fingerprint density at radius 3 is 2.71 bits per heavy atom. The van der Waals surface area contributed by atoms with Crippen LogP contribution in [-0.2, 0) is 11.3 Å². The molecule has 148 valence electrons. The smallest absolute Gasteiger partial charge is 0.262 e. The second-order valence-corrected chi connectivity index (χ2v) is 7.51. The zero-order valence-corrected chi connectivity index (χ0v) is 16.9. The van der Waals surface area contributed by atoms with E-state index in [1.807, 2.05) is 0 Å². The molecule has 2 aromatic carbocycles. The highest BCUT2D eigenvalue weighted by Crippen LogP contribution is 2.21. The quantitative estimate of drug-likeness (QED) is 0.290. The van der Waals surface area contributed by atoms with Crippen LogP contribution in [0.2, 0.25) is 5.02 Å². The van der Waals surface area contributed by atoms with Crippen LogP contribution >= 0.6 is 23.4 Å². The molecule has 5 nitrogen and oxygen atoms in total. The summed E-state index contributed by atoms with van der Waals surface area (Å²) in [6.07, 6.45) is 0.746. The summed E-state index contributed by atoms with van der Waals surface area (Å²) in [5.41, 5.74) is 0.472. The normalized spacial score (nSPS) is 11.1. The van der Waals surface area contributed by atoms with Crippen molar-refractivity contribution in [3.8, 4) is 5.75 Å². The van der Waals surface area contributed by atoms with Crippen LogP contribution in [0.25, 0.3) is 10.9 Å². The number of hydrogen-bond donors (Lipinski definition) is 0. The summed E-state index contributed by atoms with van der Waals surface area (Å²) in [6, 6.07) is 11.0. The van der Waals surface area contributed by atoms with Crippen LogP contribution in [0, 0.1) is 5.82 Å². The topological polar surface area (TPSA) is 53.4 Å². The van der Waals surface area contributed by atoms with Gasteiger partial charge in [0.25, 0.3) is 5.56 Å². The monoisotopic (exact) mass is 422 g/mol. The summed E-state index contributed by atoms with van der Waals surface area (Å²) >= 11 is 7.53. The molecule has 3 aromatic rings. The molecular weight excluding hydrogens is 403 g/mol. The number of ether oxygens (including phenoxy) is 2. The van der Waals surface area contributed by atoms with Crippen LogP contribution < -0.4 is 10.3 Å². The zero-order valence-electron chi connectivity index (χ0n) is 15.4. The average Bonchev–Trinajstić information content (AvgIpc) is 2.68. The number of halogens is 2. The fraction of sp³-hybridized carbons (Fsp3) is 0.300. The Morgan fingerprint density at radius 1 is 1.18 bits per heavy atom. The molecule has 0 atom stereocenters. The van der Waals surface area contributed by atoms with Crippen molar-refractivity contribution in [2.75, 3.05) is 26.1 Å². The number of fused-ring (bicyclic) bond motifs is 1. The van der Waals surface area contributed by atoms with Gasteiger partial charge in [-0.05, 0) is 48.9 Å². The van der Waals surface area contributed by atoms with E-state index in [1.165, 1.54) is 23.9 Å². The van der Waals surface area contributed by atoms with Gasteiger partial charge in [-0.15, -0.1) is 0 Å². The number of hydrogen-bond acceptors (Lipinski definition) is 5. The third-order valence-corrected chi connectivity index (χ3v) is 5.30. The maximum atomic E-state index is 12.9. The molecule has 0 amide bonds. The van der Waals surface area contributed by atoms with E-state index in [9.17, 15) is 9.18 Å². The highest BCUT2D eigenvalue weighted by Gasteiger charge is 2.12. The second kappa shape index (κ2) is 9.91. The molecule has 0 aliphatic carbocycles. The van der Waals surface area contributed by atoms with E-state index < -0.39 is 0 Å². The van der Waals surface area contributed by atoms with Crippen molar-refractivity contribution in [1.82, 2.24) is 9.55 Å². The number of rotatable bonds is 9. The van der Waals surface area contributed by atoms with Gasteiger partial charge in [0.05, 0.1) is 30.7 Å².